The summed E-state index contributed by atoms with van der Waals surface area (Å²) >= 11 is 0. The van der Waals surface area contributed by atoms with Crippen LogP contribution in [0.15, 0.2) is 48.7 Å². The molecule has 2 N–H and O–H groups in total. The van der Waals surface area contributed by atoms with Gasteiger partial charge >= 0.3 is 5.97 Å². The Bertz CT molecular complexity index is 1100. The van der Waals surface area contributed by atoms with Crippen LogP contribution in [0.3, 0.4) is 0 Å². The fourth-order valence-electron chi connectivity index (χ4n) is 3.12. The molecule has 31 heavy (non-hydrogen) atoms. The zero-order valence-electron chi connectivity index (χ0n) is 17.3. The summed E-state index contributed by atoms with van der Waals surface area (Å²) in [4.78, 5) is 23.5. The second-order valence-corrected chi connectivity index (χ2v) is 6.82. The number of ether oxygens (including phenoxy) is 2. The van der Waals surface area contributed by atoms with Crippen LogP contribution in [0.2, 0.25) is 0 Å². The van der Waals surface area contributed by atoms with Gasteiger partial charge in [-0.15, -0.1) is 0 Å². The number of aliphatic carboxylic acids is 1. The van der Waals surface area contributed by atoms with Gasteiger partial charge in [0.25, 0.3) is 5.91 Å². The monoisotopic (exact) mass is 427 g/mol. The molecule has 162 valence electrons. The summed E-state index contributed by atoms with van der Waals surface area (Å²) in [7, 11) is 1.42. The third-order valence-electron chi connectivity index (χ3n) is 4.71. The summed E-state index contributed by atoms with van der Waals surface area (Å²) in [6.45, 7) is 3.13. The molecule has 3 aromatic rings. The predicted molar refractivity (Wildman–Crippen MR) is 110 cm³/mol. The number of halogens is 1. The molecule has 1 unspecified atom stereocenters. The smallest absolute Gasteiger partial charge is 0.341 e. The first-order chi connectivity index (χ1) is 14.8. The minimum Gasteiger partial charge on any atom is -0.493 e. The van der Waals surface area contributed by atoms with E-state index in [9.17, 15) is 14.0 Å². The van der Waals surface area contributed by atoms with Gasteiger partial charge in [-0.25, -0.2) is 13.9 Å². The number of methoxy groups -OCH3 is 1. The highest BCUT2D eigenvalue weighted by atomic mass is 19.1. The topological polar surface area (TPSA) is 103 Å². The van der Waals surface area contributed by atoms with Crippen molar-refractivity contribution in [1.82, 2.24) is 15.1 Å². The summed E-state index contributed by atoms with van der Waals surface area (Å²) < 4.78 is 25.2. The molecule has 0 saturated carbocycles. The Balaban J connectivity index is 1.77. The van der Waals surface area contributed by atoms with Crippen LogP contribution >= 0.6 is 0 Å². The van der Waals surface area contributed by atoms with Crippen molar-refractivity contribution in [1.29, 1.82) is 0 Å². The van der Waals surface area contributed by atoms with Crippen molar-refractivity contribution < 1.29 is 28.6 Å². The number of carbonyl (C=O) groups excluding carboxylic acids is 1. The number of hydrogen-bond acceptors (Lipinski definition) is 5. The molecule has 0 saturated heterocycles. The molecule has 9 heteroatoms. The Hall–Kier alpha value is -3.88. The molecule has 0 aliphatic heterocycles. The number of aromatic nitrogens is 2. The number of nitrogens with zero attached hydrogens (tertiary/aromatic N) is 2. The summed E-state index contributed by atoms with van der Waals surface area (Å²) in [5.74, 6) is -1.36. The molecule has 0 bridgehead atoms. The molecule has 0 fully saturated rings. The number of nitrogens with one attached hydrogen (secondary N) is 1. The molecule has 0 aliphatic rings. The van der Waals surface area contributed by atoms with Crippen molar-refractivity contribution in [3.05, 3.63) is 71.3 Å². The van der Waals surface area contributed by atoms with E-state index in [1.807, 2.05) is 13.8 Å². The van der Waals surface area contributed by atoms with E-state index in [4.69, 9.17) is 14.6 Å². The van der Waals surface area contributed by atoms with Crippen LogP contribution in [-0.2, 0) is 4.79 Å². The lowest BCUT2D eigenvalue weighted by Gasteiger charge is -2.15. The largest absolute Gasteiger partial charge is 0.493 e. The first-order valence-electron chi connectivity index (χ1n) is 9.44. The molecular formula is C22H22FN3O5. The minimum absolute atomic E-state index is 0.158. The summed E-state index contributed by atoms with van der Waals surface area (Å²) in [5, 5.41) is 16.1. The van der Waals surface area contributed by atoms with Gasteiger partial charge in [-0.05, 0) is 56.3 Å². The third-order valence-corrected chi connectivity index (χ3v) is 4.71. The van der Waals surface area contributed by atoms with Gasteiger partial charge in [0.05, 0.1) is 25.0 Å². The maximum atomic E-state index is 13.2. The number of hydrogen-bond donors (Lipinski definition) is 2. The second-order valence-electron chi connectivity index (χ2n) is 6.82. The lowest BCUT2D eigenvalue weighted by atomic mass is 10.1. The molecule has 1 aromatic heterocycles. The SMILES string of the molecule is COc1ccc(C(=O)NC(C)c2cnn(-c3ccc(F)cc3)c2C)cc1OCC(=O)O. The molecule has 0 spiro atoms. The Labute approximate surface area is 178 Å². The number of amides is 1. The van der Waals surface area contributed by atoms with E-state index in [1.54, 1.807) is 29.1 Å². The molecular weight excluding hydrogens is 405 g/mol. The Morgan fingerprint density at radius 3 is 2.55 bits per heavy atom. The molecule has 1 atom stereocenters. The van der Waals surface area contributed by atoms with Gasteiger partial charge in [-0.1, -0.05) is 0 Å². The number of carboxylic acid groups (broad SMARTS) is 1. The van der Waals surface area contributed by atoms with Crippen LogP contribution in [0.25, 0.3) is 5.69 Å². The second kappa shape index (κ2) is 9.29. The van der Waals surface area contributed by atoms with E-state index in [0.29, 0.717) is 11.4 Å². The van der Waals surface area contributed by atoms with E-state index in [-0.39, 0.29) is 29.1 Å². The predicted octanol–water partition coefficient (Wildman–Crippen LogP) is 3.28. The van der Waals surface area contributed by atoms with Crippen LogP contribution in [0.5, 0.6) is 11.5 Å². The number of benzene rings is 2. The van der Waals surface area contributed by atoms with Gasteiger partial charge in [-0.3, -0.25) is 4.79 Å². The minimum atomic E-state index is -1.14. The molecule has 8 nitrogen and oxygen atoms in total. The summed E-state index contributed by atoms with van der Waals surface area (Å²) in [6, 6.07) is 10.1. The average molecular weight is 427 g/mol. The molecule has 0 aliphatic carbocycles. The fraction of sp³-hybridized carbons (Fsp3) is 0.227. The lowest BCUT2D eigenvalue weighted by Crippen LogP contribution is -2.27. The first-order valence-corrected chi connectivity index (χ1v) is 9.44. The van der Waals surface area contributed by atoms with Crippen molar-refractivity contribution in [3.63, 3.8) is 0 Å². The summed E-state index contributed by atoms with van der Waals surface area (Å²) in [5.41, 5.74) is 2.60. The van der Waals surface area contributed by atoms with E-state index in [2.05, 4.69) is 10.4 Å². The van der Waals surface area contributed by atoms with Crippen molar-refractivity contribution >= 4 is 11.9 Å². The van der Waals surface area contributed by atoms with E-state index >= 15 is 0 Å². The van der Waals surface area contributed by atoms with Crippen LogP contribution < -0.4 is 14.8 Å². The molecule has 3 rings (SSSR count). The zero-order valence-corrected chi connectivity index (χ0v) is 17.3. The Morgan fingerprint density at radius 1 is 1.19 bits per heavy atom. The van der Waals surface area contributed by atoms with Crippen LogP contribution in [-0.4, -0.2) is 40.5 Å². The van der Waals surface area contributed by atoms with E-state index in [0.717, 1.165) is 11.3 Å². The van der Waals surface area contributed by atoms with E-state index < -0.39 is 12.6 Å². The van der Waals surface area contributed by atoms with Gasteiger partial charge in [0.15, 0.2) is 18.1 Å². The van der Waals surface area contributed by atoms with Gasteiger partial charge in [0.1, 0.15) is 5.82 Å². The van der Waals surface area contributed by atoms with Gasteiger partial charge in [0, 0.05) is 16.8 Å². The molecule has 1 heterocycles. The van der Waals surface area contributed by atoms with Gasteiger partial charge in [0.2, 0.25) is 0 Å². The highest BCUT2D eigenvalue weighted by molar-refractivity contribution is 5.95. The third kappa shape index (κ3) is 5.00. The standard InChI is InChI=1S/C22H22FN3O5/c1-13(18-11-24-26(14(18)2)17-7-5-16(23)6-8-17)25-22(29)15-4-9-19(30-3)20(10-15)31-12-21(27)28/h4-11,13H,12H2,1-3H3,(H,25,29)(H,27,28). The molecule has 2 aromatic carbocycles. The van der Waals surface area contributed by atoms with Crippen LogP contribution in [0.1, 0.15) is 34.6 Å². The van der Waals surface area contributed by atoms with Crippen molar-refractivity contribution in [2.45, 2.75) is 19.9 Å². The van der Waals surface area contributed by atoms with E-state index in [1.165, 1.54) is 31.4 Å². The lowest BCUT2D eigenvalue weighted by molar-refractivity contribution is -0.139. The normalized spacial score (nSPS) is 11.6. The maximum Gasteiger partial charge on any atom is 0.341 e. The number of carboxylic acids is 1. The number of rotatable bonds is 8. The zero-order chi connectivity index (χ0) is 22.5. The first kappa shape index (κ1) is 21.8. The van der Waals surface area contributed by atoms with Gasteiger partial charge < -0.3 is 19.9 Å². The number of carbonyl (C=O) groups is 2. The van der Waals surface area contributed by atoms with Crippen molar-refractivity contribution in [2.24, 2.45) is 0 Å². The maximum absolute atomic E-state index is 13.2. The molecule has 1 amide bonds. The highest BCUT2D eigenvalue weighted by Gasteiger charge is 2.19. The molecule has 0 radical (unpaired) electrons. The Morgan fingerprint density at radius 2 is 1.90 bits per heavy atom. The van der Waals surface area contributed by atoms with Crippen LogP contribution in [0, 0.1) is 12.7 Å². The fourth-order valence-corrected chi connectivity index (χ4v) is 3.12. The van der Waals surface area contributed by atoms with Crippen molar-refractivity contribution in [3.8, 4) is 17.2 Å². The highest BCUT2D eigenvalue weighted by Crippen LogP contribution is 2.28. The van der Waals surface area contributed by atoms with Gasteiger partial charge in [-0.2, -0.15) is 5.10 Å². The van der Waals surface area contributed by atoms with Crippen molar-refractivity contribution in [2.75, 3.05) is 13.7 Å². The summed E-state index contributed by atoms with van der Waals surface area (Å²) in [6.07, 6.45) is 1.65. The quantitative estimate of drug-likeness (QED) is 0.572. The Kier molecular flexibility index (Phi) is 6.54. The van der Waals surface area contributed by atoms with Crippen LogP contribution in [0.4, 0.5) is 4.39 Å². The average Bonchev–Trinajstić information content (AvgIpc) is 3.13.